The molecule has 1 fully saturated rings. The first kappa shape index (κ1) is 22.9. The van der Waals surface area contributed by atoms with Crippen LogP contribution in [0.5, 0.6) is 0 Å². The number of carbonyl (C=O) groups excluding carboxylic acids is 2. The number of sulfonamides is 1. The molecule has 31 heavy (non-hydrogen) atoms. The van der Waals surface area contributed by atoms with Gasteiger partial charge >= 0.3 is 0 Å². The first-order valence-electron chi connectivity index (χ1n) is 10.1. The van der Waals surface area contributed by atoms with E-state index >= 15 is 0 Å². The molecule has 166 valence electrons. The molecule has 2 atom stereocenters. The van der Waals surface area contributed by atoms with Gasteiger partial charge in [-0.15, -0.1) is 0 Å². The van der Waals surface area contributed by atoms with Gasteiger partial charge in [-0.3, -0.25) is 9.59 Å². The van der Waals surface area contributed by atoms with Crippen LogP contribution in [0.1, 0.15) is 25.3 Å². The molecule has 0 bridgehead atoms. The largest absolute Gasteiger partial charge is 0.350 e. The molecule has 0 radical (unpaired) electrons. The number of piperidine rings is 1. The maximum absolute atomic E-state index is 13.1. The number of nitrogens with zero attached hydrogens (tertiary/aromatic N) is 1. The van der Waals surface area contributed by atoms with Crippen LogP contribution < -0.4 is 10.6 Å². The summed E-state index contributed by atoms with van der Waals surface area (Å²) in [6.07, 6.45) is 1.05. The first-order chi connectivity index (χ1) is 14.8. The zero-order chi connectivity index (χ0) is 22.4. The van der Waals surface area contributed by atoms with Gasteiger partial charge in [0.1, 0.15) is 11.9 Å². The van der Waals surface area contributed by atoms with Gasteiger partial charge in [-0.25, -0.2) is 12.8 Å². The fourth-order valence-electron chi connectivity index (χ4n) is 3.47. The summed E-state index contributed by atoms with van der Waals surface area (Å²) in [4.78, 5) is 25.0. The third-order valence-electron chi connectivity index (χ3n) is 5.27. The number of carbonyl (C=O) groups is 2. The topological polar surface area (TPSA) is 95.6 Å². The molecule has 9 heteroatoms. The van der Waals surface area contributed by atoms with E-state index in [1.165, 1.54) is 16.4 Å². The van der Waals surface area contributed by atoms with Gasteiger partial charge in [0.25, 0.3) is 0 Å². The second kappa shape index (κ2) is 10.0. The molecular weight excluding hydrogens is 421 g/mol. The molecule has 0 unspecified atom stereocenters. The Balaban J connectivity index is 1.56. The standard InChI is InChI=1S/C22H26FN3O4S/c1-16(21(27)24-14-17-6-3-2-4-7-17)25-22(28)18-8-5-13-26(15-18)31(29,30)20-11-9-19(23)10-12-20/h2-4,6-7,9-12,16,18H,5,8,13-15H2,1H3,(H,24,27)(H,25,28)/t16-,18-/m0/s1. The summed E-state index contributed by atoms with van der Waals surface area (Å²) < 4.78 is 40.0. The molecule has 2 N–H and O–H groups in total. The molecule has 2 amide bonds. The van der Waals surface area contributed by atoms with E-state index in [1.807, 2.05) is 30.3 Å². The van der Waals surface area contributed by atoms with Crippen molar-refractivity contribution in [2.75, 3.05) is 13.1 Å². The van der Waals surface area contributed by atoms with E-state index in [4.69, 9.17) is 0 Å². The molecule has 7 nitrogen and oxygen atoms in total. The third kappa shape index (κ3) is 5.89. The Kier molecular flexibility index (Phi) is 7.40. The van der Waals surface area contributed by atoms with Gasteiger partial charge in [-0.2, -0.15) is 4.31 Å². The molecule has 1 heterocycles. The zero-order valence-electron chi connectivity index (χ0n) is 17.3. The minimum Gasteiger partial charge on any atom is -0.350 e. The first-order valence-corrected chi connectivity index (χ1v) is 11.6. The van der Waals surface area contributed by atoms with Crippen LogP contribution in [-0.4, -0.2) is 43.7 Å². The van der Waals surface area contributed by atoms with Gasteiger partial charge in [0.05, 0.1) is 10.8 Å². The van der Waals surface area contributed by atoms with Crippen molar-refractivity contribution < 1.29 is 22.4 Å². The molecule has 0 aromatic heterocycles. The maximum atomic E-state index is 13.1. The van der Waals surface area contributed by atoms with Gasteiger partial charge in [0.15, 0.2) is 0 Å². The SMILES string of the molecule is C[C@H](NC(=O)[C@H]1CCCN(S(=O)(=O)c2ccc(F)cc2)C1)C(=O)NCc1ccccc1. The maximum Gasteiger partial charge on any atom is 0.243 e. The van der Waals surface area contributed by atoms with E-state index in [-0.39, 0.29) is 29.8 Å². The van der Waals surface area contributed by atoms with E-state index in [1.54, 1.807) is 6.92 Å². The lowest BCUT2D eigenvalue weighted by Gasteiger charge is -2.31. The average molecular weight is 448 g/mol. The highest BCUT2D eigenvalue weighted by molar-refractivity contribution is 7.89. The number of halogens is 1. The van der Waals surface area contributed by atoms with E-state index in [0.717, 1.165) is 17.7 Å². The lowest BCUT2D eigenvalue weighted by Crippen LogP contribution is -2.50. The van der Waals surface area contributed by atoms with Crippen LogP contribution in [0.4, 0.5) is 4.39 Å². The van der Waals surface area contributed by atoms with Gasteiger partial charge in [0.2, 0.25) is 21.8 Å². The van der Waals surface area contributed by atoms with Crippen molar-refractivity contribution in [2.45, 2.75) is 37.2 Å². The number of benzene rings is 2. The van der Waals surface area contributed by atoms with Crippen LogP contribution in [0.25, 0.3) is 0 Å². The molecule has 1 aliphatic rings. The number of rotatable bonds is 7. The van der Waals surface area contributed by atoms with Crippen molar-refractivity contribution in [3.63, 3.8) is 0 Å². The third-order valence-corrected chi connectivity index (χ3v) is 7.15. The fourth-order valence-corrected chi connectivity index (χ4v) is 4.99. The van der Waals surface area contributed by atoms with Crippen molar-refractivity contribution in [1.82, 2.24) is 14.9 Å². The van der Waals surface area contributed by atoms with Gasteiger partial charge in [-0.1, -0.05) is 30.3 Å². The Morgan fingerprint density at radius 1 is 1.13 bits per heavy atom. The predicted molar refractivity (Wildman–Crippen MR) is 114 cm³/mol. The van der Waals surface area contributed by atoms with Crippen LogP contribution in [0, 0.1) is 11.7 Å². The highest BCUT2D eigenvalue weighted by Crippen LogP contribution is 2.24. The zero-order valence-corrected chi connectivity index (χ0v) is 18.1. The normalized spacial score (nSPS) is 18.2. The molecule has 0 aliphatic carbocycles. The molecule has 2 aromatic carbocycles. The summed E-state index contributed by atoms with van der Waals surface area (Å²) >= 11 is 0. The van der Waals surface area contributed by atoms with E-state index < -0.39 is 27.8 Å². The molecule has 0 spiro atoms. The lowest BCUT2D eigenvalue weighted by atomic mass is 9.98. The Bertz CT molecular complexity index is 1010. The Morgan fingerprint density at radius 3 is 2.48 bits per heavy atom. The van der Waals surface area contributed by atoms with Crippen molar-refractivity contribution >= 4 is 21.8 Å². The van der Waals surface area contributed by atoms with E-state index in [0.29, 0.717) is 19.4 Å². The Hall–Kier alpha value is -2.78. The highest BCUT2D eigenvalue weighted by Gasteiger charge is 2.34. The number of amides is 2. The number of nitrogens with one attached hydrogen (secondary N) is 2. The summed E-state index contributed by atoms with van der Waals surface area (Å²) in [6.45, 7) is 2.25. The molecule has 3 rings (SSSR count). The summed E-state index contributed by atoms with van der Waals surface area (Å²) in [5.74, 6) is -1.76. The number of hydrogen-bond donors (Lipinski definition) is 2. The number of hydrogen-bond acceptors (Lipinski definition) is 4. The van der Waals surface area contributed by atoms with Crippen LogP contribution in [0.2, 0.25) is 0 Å². The van der Waals surface area contributed by atoms with Crippen molar-refractivity contribution in [1.29, 1.82) is 0 Å². The second-order valence-corrected chi connectivity index (χ2v) is 9.53. The average Bonchev–Trinajstić information content (AvgIpc) is 2.78. The minimum absolute atomic E-state index is 0.0105. The molecule has 1 saturated heterocycles. The van der Waals surface area contributed by atoms with Crippen molar-refractivity contribution in [2.24, 2.45) is 5.92 Å². The fraction of sp³-hybridized carbons (Fsp3) is 0.364. The van der Waals surface area contributed by atoms with Crippen LogP contribution in [-0.2, 0) is 26.2 Å². The van der Waals surface area contributed by atoms with Crippen molar-refractivity contribution in [3.05, 3.63) is 66.0 Å². The Labute approximate surface area is 181 Å². The van der Waals surface area contributed by atoms with Crippen molar-refractivity contribution in [3.8, 4) is 0 Å². The molecule has 2 aromatic rings. The highest BCUT2D eigenvalue weighted by atomic mass is 32.2. The van der Waals surface area contributed by atoms with Gasteiger partial charge in [-0.05, 0) is 49.6 Å². The summed E-state index contributed by atoms with van der Waals surface area (Å²) in [6, 6.07) is 13.3. The monoisotopic (exact) mass is 447 g/mol. The van der Waals surface area contributed by atoms with Crippen LogP contribution in [0.15, 0.2) is 59.5 Å². The summed E-state index contributed by atoms with van der Waals surface area (Å²) in [7, 11) is -3.82. The van der Waals surface area contributed by atoms with Crippen LogP contribution in [0.3, 0.4) is 0 Å². The van der Waals surface area contributed by atoms with Gasteiger partial charge in [0, 0.05) is 19.6 Å². The molecular formula is C22H26FN3O4S. The quantitative estimate of drug-likeness (QED) is 0.679. The van der Waals surface area contributed by atoms with Crippen LogP contribution >= 0.6 is 0 Å². The Morgan fingerprint density at radius 2 is 1.81 bits per heavy atom. The minimum atomic E-state index is -3.82. The van der Waals surface area contributed by atoms with E-state index in [2.05, 4.69) is 10.6 Å². The molecule has 1 aliphatic heterocycles. The smallest absolute Gasteiger partial charge is 0.243 e. The predicted octanol–water partition coefficient (Wildman–Crippen LogP) is 2.05. The summed E-state index contributed by atoms with van der Waals surface area (Å²) in [5, 5.41) is 5.46. The summed E-state index contributed by atoms with van der Waals surface area (Å²) in [5.41, 5.74) is 0.947. The molecule has 0 saturated carbocycles. The lowest BCUT2D eigenvalue weighted by molar-refractivity contribution is -0.131. The van der Waals surface area contributed by atoms with E-state index in [9.17, 15) is 22.4 Å². The second-order valence-electron chi connectivity index (χ2n) is 7.59. The van der Waals surface area contributed by atoms with Gasteiger partial charge < -0.3 is 10.6 Å².